The number of nitrogens with zero attached hydrogens (tertiary/aromatic N) is 4. The van der Waals surface area contributed by atoms with Crippen LogP contribution in [0, 0.1) is 51.1 Å². The van der Waals surface area contributed by atoms with E-state index >= 15 is 0 Å². The number of rotatable bonds is 2. The Kier molecular flexibility index (Phi) is 4.75. The lowest BCUT2D eigenvalue weighted by atomic mass is 9.58. The first-order valence-electron chi connectivity index (χ1n) is 8.83. The first-order chi connectivity index (χ1) is 12.9. The third kappa shape index (κ3) is 2.69. The van der Waals surface area contributed by atoms with E-state index < -0.39 is 17.2 Å². The standard InChI is InChI=1S/C21H20FN5/c1-13(2)27-8-7-14-16(9-23)20(26)21(11-24,12-25)19(17(14)10-27)15-5-3-4-6-18(15)22/h3-7,13,17,19H,8,10,26H2,1-2H3. The summed E-state index contributed by atoms with van der Waals surface area (Å²) in [5.41, 5.74) is 5.50. The molecular weight excluding hydrogens is 341 g/mol. The number of hydrogen-bond acceptors (Lipinski definition) is 5. The van der Waals surface area contributed by atoms with Crippen LogP contribution in [-0.4, -0.2) is 24.0 Å². The van der Waals surface area contributed by atoms with Crippen molar-refractivity contribution >= 4 is 0 Å². The smallest absolute Gasteiger partial charge is 0.191 e. The van der Waals surface area contributed by atoms with Gasteiger partial charge in [-0.05, 0) is 31.1 Å². The third-order valence-corrected chi connectivity index (χ3v) is 5.66. The van der Waals surface area contributed by atoms with Crippen molar-refractivity contribution in [2.24, 2.45) is 17.1 Å². The molecule has 27 heavy (non-hydrogen) atoms. The van der Waals surface area contributed by atoms with Crippen LogP contribution in [0.3, 0.4) is 0 Å². The van der Waals surface area contributed by atoms with Gasteiger partial charge in [0.15, 0.2) is 5.41 Å². The Bertz CT molecular complexity index is 940. The van der Waals surface area contributed by atoms with Crippen LogP contribution < -0.4 is 5.73 Å². The van der Waals surface area contributed by atoms with Gasteiger partial charge in [0, 0.05) is 31.0 Å². The fourth-order valence-electron chi connectivity index (χ4n) is 4.20. The number of nitrogens with two attached hydrogens (primary N) is 1. The molecule has 0 saturated heterocycles. The van der Waals surface area contributed by atoms with Crippen LogP contribution in [0.2, 0.25) is 0 Å². The van der Waals surface area contributed by atoms with E-state index in [0.717, 1.165) is 0 Å². The summed E-state index contributed by atoms with van der Waals surface area (Å²) < 4.78 is 14.7. The first-order valence-corrected chi connectivity index (χ1v) is 8.83. The summed E-state index contributed by atoms with van der Waals surface area (Å²) in [5, 5.41) is 29.6. The molecule has 2 unspecified atom stereocenters. The van der Waals surface area contributed by atoms with Gasteiger partial charge in [-0.2, -0.15) is 15.8 Å². The van der Waals surface area contributed by atoms with Crippen LogP contribution in [0.15, 0.2) is 47.2 Å². The molecule has 3 rings (SSSR count). The van der Waals surface area contributed by atoms with E-state index in [0.29, 0.717) is 18.7 Å². The molecule has 0 fully saturated rings. The average molecular weight is 361 g/mol. The lowest BCUT2D eigenvalue weighted by Gasteiger charge is -2.46. The molecule has 2 aliphatic rings. The molecule has 6 heteroatoms. The predicted octanol–water partition coefficient (Wildman–Crippen LogP) is 2.96. The summed E-state index contributed by atoms with van der Waals surface area (Å²) in [7, 11) is 0. The second-order valence-electron chi connectivity index (χ2n) is 7.24. The molecule has 1 aromatic carbocycles. The number of halogens is 1. The monoisotopic (exact) mass is 361 g/mol. The van der Waals surface area contributed by atoms with E-state index in [1.54, 1.807) is 18.2 Å². The zero-order valence-corrected chi connectivity index (χ0v) is 15.3. The molecular formula is C21H20FN5. The van der Waals surface area contributed by atoms with Crippen molar-refractivity contribution in [3.05, 3.63) is 58.6 Å². The largest absolute Gasteiger partial charge is 0.399 e. The molecule has 0 spiro atoms. The van der Waals surface area contributed by atoms with Gasteiger partial charge in [0.2, 0.25) is 0 Å². The normalized spacial score (nSPS) is 24.4. The van der Waals surface area contributed by atoms with E-state index in [1.807, 2.05) is 18.2 Å². The van der Waals surface area contributed by atoms with E-state index in [2.05, 4.69) is 24.8 Å². The van der Waals surface area contributed by atoms with Crippen LogP contribution in [0.5, 0.6) is 0 Å². The summed E-state index contributed by atoms with van der Waals surface area (Å²) in [6, 6.07) is 12.5. The van der Waals surface area contributed by atoms with Gasteiger partial charge in [-0.15, -0.1) is 0 Å². The number of benzene rings is 1. The zero-order chi connectivity index (χ0) is 19.8. The van der Waals surface area contributed by atoms with Crippen molar-refractivity contribution in [1.29, 1.82) is 15.8 Å². The van der Waals surface area contributed by atoms with Gasteiger partial charge < -0.3 is 5.73 Å². The summed E-state index contributed by atoms with van der Waals surface area (Å²) in [6.45, 7) is 5.26. The van der Waals surface area contributed by atoms with Gasteiger partial charge in [-0.25, -0.2) is 4.39 Å². The molecule has 5 nitrogen and oxygen atoms in total. The maximum Gasteiger partial charge on any atom is 0.191 e. The van der Waals surface area contributed by atoms with E-state index in [1.165, 1.54) is 6.07 Å². The van der Waals surface area contributed by atoms with Crippen LogP contribution in [-0.2, 0) is 0 Å². The number of nitriles is 3. The Morgan fingerprint density at radius 1 is 1.22 bits per heavy atom. The molecule has 0 bridgehead atoms. The minimum absolute atomic E-state index is 0.0799. The maximum absolute atomic E-state index is 14.7. The zero-order valence-electron chi connectivity index (χ0n) is 15.3. The van der Waals surface area contributed by atoms with Crippen molar-refractivity contribution in [3.8, 4) is 18.2 Å². The SMILES string of the molecule is CC(C)N1CC=C2C(C#N)=C(N)C(C#N)(C#N)C(c3ccccc3F)C2C1. The highest BCUT2D eigenvalue weighted by molar-refractivity contribution is 5.59. The van der Waals surface area contributed by atoms with Gasteiger partial charge in [0.05, 0.1) is 23.4 Å². The highest BCUT2D eigenvalue weighted by Crippen LogP contribution is 2.54. The molecule has 1 aliphatic carbocycles. The summed E-state index contributed by atoms with van der Waals surface area (Å²) in [5.74, 6) is -1.65. The summed E-state index contributed by atoms with van der Waals surface area (Å²) >= 11 is 0. The van der Waals surface area contributed by atoms with Crippen molar-refractivity contribution in [2.75, 3.05) is 13.1 Å². The number of hydrogen-bond donors (Lipinski definition) is 1. The minimum atomic E-state index is -1.80. The van der Waals surface area contributed by atoms with Gasteiger partial charge >= 0.3 is 0 Å². The van der Waals surface area contributed by atoms with E-state index in [-0.39, 0.29) is 28.8 Å². The highest BCUT2D eigenvalue weighted by atomic mass is 19.1. The Morgan fingerprint density at radius 2 is 1.89 bits per heavy atom. The molecule has 136 valence electrons. The molecule has 0 aromatic heterocycles. The number of fused-ring (bicyclic) bond motifs is 1. The fourth-order valence-corrected chi connectivity index (χ4v) is 4.20. The molecule has 0 saturated carbocycles. The van der Waals surface area contributed by atoms with Crippen molar-refractivity contribution in [2.45, 2.75) is 25.8 Å². The molecule has 0 radical (unpaired) electrons. The Balaban J connectivity index is 2.33. The Morgan fingerprint density at radius 3 is 2.44 bits per heavy atom. The highest BCUT2D eigenvalue weighted by Gasteiger charge is 2.55. The maximum atomic E-state index is 14.7. The minimum Gasteiger partial charge on any atom is -0.399 e. The van der Waals surface area contributed by atoms with Gasteiger partial charge in [-0.3, -0.25) is 4.90 Å². The van der Waals surface area contributed by atoms with E-state index in [9.17, 15) is 20.2 Å². The Hall–Kier alpha value is -3.14. The van der Waals surface area contributed by atoms with Crippen molar-refractivity contribution < 1.29 is 4.39 Å². The molecule has 2 N–H and O–H groups in total. The van der Waals surface area contributed by atoms with Crippen LogP contribution >= 0.6 is 0 Å². The molecule has 2 atom stereocenters. The quantitative estimate of drug-likeness (QED) is 0.873. The second kappa shape index (κ2) is 6.88. The lowest BCUT2D eigenvalue weighted by molar-refractivity contribution is 0.172. The van der Waals surface area contributed by atoms with Gasteiger partial charge in [-0.1, -0.05) is 24.3 Å². The first kappa shape index (κ1) is 18.6. The van der Waals surface area contributed by atoms with Crippen LogP contribution in [0.4, 0.5) is 4.39 Å². The average Bonchev–Trinajstić information content (AvgIpc) is 2.67. The van der Waals surface area contributed by atoms with Crippen molar-refractivity contribution in [3.63, 3.8) is 0 Å². The van der Waals surface area contributed by atoms with Crippen molar-refractivity contribution in [1.82, 2.24) is 4.90 Å². The summed E-state index contributed by atoms with van der Waals surface area (Å²) in [6.07, 6.45) is 1.92. The van der Waals surface area contributed by atoms with Crippen LogP contribution in [0.25, 0.3) is 0 Å². The molecule has 1 aromatic rings. The lowest BCUT2D eigenvalue weighted by Crippen LogP contribution is -2.49. The van der Waals surface area contributed by atoms with Gasteiger partial charge in [0.1, 0.15) is 11.9 Å². The molecule has 0 amide bonds. The second-order valence-corrected chi connectivity index (χ2v) is 7.24. The number of allylic oxidation sites excluding steroid dienone is 2. The fraction of sp³-hybridized carbons (Fsp3) is 0.381. The summed E-state index contributed by atoms with van der Waals surface area (Å²) in [4.78, 5) is 2.18. The third-order valence-electron chi connectivity index (χ3n) is 5.66. The van der Waals surface area contributed by atoms with E-state index in [4.69, 9.17) is 5.73 Å². The molecule has 1 heterocycles. The van der Waals surface area contributed by atoms with Gasteiger partial charge in [0.25, 0.3) is 0 Å². The Labute approximate surface area is 158 Å². The topological polar surface area (TPSA) is 101 Å². The van der Waals surface area contributed by atoms with Crippen LogP contribution in [0.1, 0.15) is 25.3 Å². The predicted molar refractivity (Wildman–Crippen MR) is 97.9 cm³/mol. The molecule has 1 aliphatic heterocycles.